The summed E-state index contributed by atoms with van der Waals surface area (Å²) in [5, 5.41) is 22.4. The SMILES string of the molecule is COC(=O)c1cc([N+](=O)[O-])cc(Cl)c1N1CCC[C@@](O)(c2ccccc2)CC1. The molecule has 8 heteroatoms. The van der Waals surface area contributed by atoms with Crippen LogP contribution in [0.1, 0.15) is 35.2 Å². The van der Waals surface area contributed by atoms with E-state index >= 15 is 0 Å². The number of nitro groups is 1. The van der Waals surface area contributed by atoms with Gasteiger partial charge in [-0.3, -0.25) is 10.1 Å². The Morgan fingerprint density at radius 2 is 1.96 bits per heavy atom. The van der Waals surface area contributed by atoms with E-state index in [2.05, 4.69) is 0 Å². The van der Waals surface area contributed by atoms with Crippen molar-refractivity contribution in [3.8, 4) is 0 Å². The van der Waals surface area contributed by atoms with Crippen molar-refractivity contribution in [1.29, 1.82) is 0 Å². The molecule has 1 aliphatic rings. The quantitative estimate of drug-likeness (QED) is 0.471. The molecule has 7 nitrogen and oxygen atoms in total. The highest BCUT2D eigenvalue weighted by Gasteiger charge is 2.34. The Bertz CT molecular complexity index is 890. The number of nitrogens with zero attached hydrogens (tertiary/aromatic N) is 2. The van der Waals surface area contributed by atoms with Gasteiger partial charge in [-0.15, -0.1) is 0 Å². The van der Waals surface area contributed by atoms with Crippen LogP contribution in [-0.4, -0.2) is 36.2 Å². The van der Waals surface area contributed by atoms with E-state index in [0.29, 0.717) is 38.0 Å². The predicted octanol–water partition coefficient (Wildman–Crippen LogP) is 3.91. The van der Waals surface area contributed by atoms with Crippen LogP contribution in [0.4, 0.5) is 11.4 Å². The van der Waals surface area contributed by atoms with Gasteiger partial charge in [0.2, 0.25) is 0 Å². The second kappa shape index (κ2) is 8.16. The van der Waals surface area contributed by atoms with Crippen LogP contribution >= 0.6 is 11.6 Å². The summed E-state index contributed by atoms with van der Waals surface area (Å²) >= 11 is 6.34. The van der Waals surface area contributed by atoms with Crippen molar-refractivity contribution in [3.63, 3.8) is 0 Å². The predicted molar refractivity (Wildman–Crippen MR) is 106 cm³/mol. The number of hydrogen-bond donors (Lipinski definition) is 1. The molecule has 1 N–H and O–H groups in total. The average molecular weight is 405 g/mol. The van der Waals surface area contributed by atoms with Crippen molar-refractivity contribution in [2.75, 3.05) is 25.1 Å². The fourth-order valence-electron chi connectivity index (χ4n) is 3.66. The molecule has 0 saturated carbocycles. The van der Waals surface area contributed by atoms with Gasteiger partial charge in [-0.1, -0.05) is 41.9 Å². The topological polar surface area (TPSA) is 92.9 Å². The highest BCUT2D eigenvalue weighted by Crippen LogP contribution is 2.39. The van der Waals surface area contributed by atoms with Crippen LogP contribution < -0.4 is 4.90 Å². The van der Waals surface area contributed by atoms with Gasteiger partial charge in [-0.25, -0.2) is 4.79 Å². The average Bonchev–Trinajstić information content (AvgIpc) is 2.90. The third-order valence-electron chi connectivity index (χ3n) is 5.11. The number of carbonyl (C=O) groups is 1. The summed E-state index contributed by atoms with van der Waals surface area (Å²) < 4.78 is 4.80. The van der Waals surface area contributed by atoms with E-state index in [4.69, 9.17) is 16.3 Å². The zero-order chi connectivity index (χ0) is 20.3. The molecule has 1 heterocycles. The number of hydrogen-bond acceptors (Lipinski definition) is 6. The molecule has 1 saturated heterocycles. The number of benzene rings is 2. The number of non-ortho nitro benzene ring substituents is 1. The second-order valence-electron chi connectivity index (χ2n) is 6.81. The van der Waals surface area contributed by atoms with Crippen molar-refractivity contribution in [2.24, 2.45) is 0 Å². The normalized spacial score (nSPS) is 19.8. The van der Waals surface area contributed by atoms with Gasteiger partial charge in [0.05, 0.1) is 33.9 Å². The lowest BCUT2D eigenvalue weighted by atomic mass is 9.87. The maximum absolute atomic E-state index is 12.3. The van der Waals surface area contributed by atoms with Crippen LogP contribution in [0.5, 0.6) is 0 Å². The van der Waals surface area contributed by atoms with E-state index in [1.807, 2.05) is 35.2 Å². The highest BCUT2D eigenvalue weighted by molar-refractivity contribution is 6.34. The van der Waals surface area contributed by atoms with Gasteiger partial charge in [0.1, 0.15) is 0 Å². The summed E-state index contributed by atoms with van der Waals surface area (Å²) in [4.78, 5) is 24.7. The largest absolute Gasteiger partial charge is 0.465 e. The van der Waals surface area contributed by atoms with Crippen LogP contribution in [0.25, 0.3) is 0 Å². The van der Waals surface area contributed by atoms with Crippen molar-refractivity contribution >= 4 is 28.9 Å². The summed E-state index contributed by atoms with van der Waals surface area (Å²) in [6.07, 6.45) is 1.66. The van der Waals surface area contributed by atoms with Gasteiger partial charge in [-0.05, 0) is 24.8 Å². The molecule has 0 unspecified atom stereocenters. The lowest BCUT2D eigenvalue weighted by Crippen LogP contribution is -2.30. The van der Waals surface area contributed by atoms with Crippen LogP contribution in [0.15, 0.2) is 42.5 Å². The molecule has 1 atom stereocenters. The smallest absolute Gasteiger partial charge is 0.340 e. The number of esters is 1. The number of rotatable bonds is 4. The van der Waals surface area contributed by atoms with Gasteiger partial charge in [0.25, 0.3) is 5.69 Å². The summed E-state index contributed by atoms with van der Waals surface area (Å²) in [5.74, 6) is -0.692. The Labute approximate surface area is 167 Å². The minimum Gasteiger partial charge on any atom is -0.465 e. The van der Waals surface area contributed by atoms with E-state index < -0.39 is 16.5 Å². The molecule has 0 aliphatic carbocycles. The van der Waals surface area contributed by atoms with Gasteiger partial charge in [0.15, 0.2) is 0 Å². The summed E-state index contributed by atoms with van der Waals surface area (Å²) in [7, 11) is 1.22. The van der Waals surface area contributed by atoms with Crippen LogP contribution in [0.2, 0.25) is 5.02 Å². The molecule has 3 rings (SSSR count). The van der Waals surface area contributed by atoms with Gasteiger partial charge >= 0.3 is 5.97 Å². The van der Waals surface area contributed by atoms with Gasteiger partial charge < -0.3 is 14.7 Å². The molecule has 148 valence electrons. The monoisotopic (exact) mass is 404 g/mol. The fourth-order valence-corrected chi connectivity index (χ4v) is 3.99. The number of anilines is 1. The van der Waals surface area contributed by atoms with E-state index in [0.717, 1.165) is 5.56 Å². The molecule has 0 amide bonds. The Morgan fingerprint density at radius 1 is 1.25 bits per heavy atom. The first kappa shape index (κ1) is 20.1. The number of aliphatic hydroxyl groups is 1. The maximum Gasteiger partial charge on any atom is 0.340 e. The van der Waals surface area contributed by atoms with E-state index in [1.165, 1.54) is 19.2 Å². The Hall–Kier alpha value is -2.64. The summed E-state index contributed by atoms with van der Waals surface area (Å²) in [6.45, 7) is 0.990. The Morgan fingerprint density at radius 3 is 2.61 bits per heavy atom. The maximum atomic E-state index is 12.3. The van der Waals surface area contributed by atoms with Crippen molar-refractivity contribution in [1.82, 2.24) is 0 Å². The molecule has 1 aliphatic heterocycles. The van der Waals surface area contributed by atoms with Gasteiger partial charge in [0, 0.05) is 25.2 Å². The molecule has 0 radical (unpaired) electrons. The molecular formula is C20H21ClN2O5. The third-order valence-corrected chi connectivity index (χ3v) is 5.39. The fraction of sp³-hybridized carbons (Fsp3) is 0.350. The molecule has 0 spiro atoms. The molecule has 0 aromatic heterocycles. The molecule has 2 aromatic carbocycles. The minimum absolute atomic E-state index is 0.0480. The molecule has 0 bridgehead atoms. The second-order valence-corrected chi connectivity index (χ2v) is 7.22. The Kier molecular flexibility index (Phi) is 5.86. The number of halogens is 1. The number of ether oxygens (including phenoxy) is 1. The van der Waals surface area contributed by atoms with Crippen molar-refractivity contribution in [2.45, 2.75) is 24.9 Å². The highest BCUT2D eigenvalue weighted by atomic mass is 35.5. The van der Waals surface area contributed by atoms with Crippen LogP contribution in [0.3, 0.4) is 0 Å². The number of carbonyl (C=O) groups excluding carboxylic acids is 1. The lowest BCUT2D eigenvalue weighted by molar-refractivity contribution is -0.384. The van der Waals surface area contributed by atoms with Crippen molar-refractivity contribution < 1.29 is 19.6 Å². The standard InChI is InChI=1S/C20H21ClN2O5/c1-28-19(24)16-12-15(23(26)27)13-17(21)18(16)22-10-5-8-20(25,9-11-22)14-6-3-2-4-7-14/h2-4,6-7,12-13,25H,5,8-11H2,1H3/t20-/m0/s1. The first-order valence-electron chi connectivity index (χ1n) is 8.95. The van der Waals surface area contributed by atoms with Crippen LogP contribution in [0, 0.1) is 10.1 Å². The first-order valence-corrected chi connectivity index (χ1v) is 9.32. The number of nitro benzene ring substituents is 1. The first-order chi connectivity index (χ1) is 13.4. The third kappa shape index (κ3) is 3.95. The summed E-state index contributed by atoms with van der Waals surface area (Å²) in [5.41, 5.74) is 0.0437. The lowest BCUT2D eigenvalue weighted by Gasteiger charge is -2.29. The summed E-state index contributed by atoms with van der Waals surface area (Å²) in [6, 6.07) is 11.9. The van der Waals surface area contributed by atoms with Crippen molar-refractivity contribution in [3.05, 3.63) is 68.7 Å². The van der Waals surface area contributed by atoms with Gasteiger partial charge in [-0.2, -0.15) is 0 Å². The molecular weight excluding hydrogens is 384 g/mol. The van der Waals surface area contributed by atoms with Crippen LogP contribution in [-0.2, 0) is 10.3 Å². The minimum atomic E-state index is -0.977. The molecule has 2 aromatic rings. The zero-order valence-corrected chi connectivity index (χ0v) is 16.2. The number of methoxy groups -OCH3 is 1. The zero-order valence-electron chi connectivity index (χ0n) is 15.4. The molecule has 1 fully saturated rings. The van der Waals surface area contributed by atoms with E-state index in [9.17, 15) is 20.0 Å². The van der Waals surface area contributed by atoms with E-state index in [1.54, 1.807) is 0 Å². The molecule has 28 heavy (non-hydrogen) atoms. The Balaban J connectivity index is 1.96. The van der Waals surface area contributed by atoms with E-state index in [-0.39, 0.29) is 16.3 Å².